The lowest BCUT2D eigenvalue weighted by atomic mass is 9.74. The molecule has 2 aromatic carbocycles. The smallest absolute Gasteiger partial charge is 0.315 e. The molecular formula is C26H28F2N2O4. The molecule has 1 N–H and O–H groups in total. The van der Waals surface area contributed by atoms with Gasteiger partial charge in [0.15, 0.2) is 0 Å². The first-order valence-corrected chi connectivity index (χ1v) is 11.2. The topological polar surface area (TPSA) is 70.1 Å². The number of ether oxygens (including phenoxy) is 1. The van der Waals surface area contributed by atoms with Crippen LogP contribution < -0.4 is 9.64 Å². The molecule has 1 unspecified atom stereocenters. The molecule has 180 valence electrons. The Kier molecular flexibility index (Phi) is 5.97. The molecule has 34 heavy (non-hydrogen) atoms. The van der Waals surface area contributed by atoms with Gasteiger partial charge in [0.05, 0.1) is 18.5 Å². The Hall–Kier alpha value is -3.26. The highest BCUT2D eigenvalue weighted by Crippen LogP contribution is 2.56. The van der Waals surface area contributed by atoms with Crippen molar-refractivity contribution >= 4 is 23.8 Å². The summed E-state index contributed by atoms with van der Waals surface area (Å²) in [6.45, 7) is 4.66. The fourth-order valence-electron chi connectivity index (χ4n) is 5.39. The lowest BCUT2D eigenvalue weighted by Gasteiger charge is -2.46. The monoisotopic (exact) mass is 470 g/mol. The molecular weight excluding hydrogens is 442 g/mol. The standard InChI is InChI=1S/C26H28F2N2O4/c1-5-16-7-6-8-20-23(16)25(2,3)26(29(20)4)10-9-17-11-19(31)12-18(24(17)34-26)13-30(14-21(27)32)15-22(28)33/h6-12,31H,5,13-15H2,1-4H3. The predicted octanol–water partition coefficient (Wildman–Crippen LogP) is 4.28. The largest absolute Gasteiger partial charge is 0.508 e. The van der Waals surface area contributed by atoms with Gasteiger partial charge in [-0.2, -0.15) is 8.78 Å². The number of rotatable bonds is 7. The van der Waals surface area contributed by atoms with Gasteiger partial charge in [0.1, 0.15) is 11.5 Å². The van der Waals surface area contributed by atoms with Gasteiger partial charge in [-0.25, -0.2) is 0 Å². The highest BCUT2D eigenvalue weighted by molar-refractivity contribution is 5.75. The number of likely N-dealkylation sites (N-methyl/N-ethyl adjacent to an activating group) is 1. The second-order valence-electron chi connectivity index (χ2n) is 9.36. The van der Waals surface area contributed by atoms with Crippen LogP contribution >= 0.6 is 0 Å². The summed E-state index contributed by atoms with van der Waals surface area (Å²) in [6, 6.07) is 5.77. The van der Waals surface area contributed by atoms with E-state index in [0.717, 1.165) is 17.0 Å². The SMILES string of the molecule is CCc1cccc2c1C(C)(C)C1(C=Cc3cc(O)cc(CN(CC(=O)F)CC(=O)F)c3O1)N2C. The van der Waals surface area contributed by atoms with Crippen molar-refractivity contribution in [3.63, 3.8) is 0 Å². The highest BCUT2D eigenvalue weighted by atomic mass is 19.1. The van der Waals surface area contributed by atoms with E-state index in [1.807, 2.05) is 25.3 Å². The summed E-state index contributed by atoms with van der Waals surface area (Å²) >= 11 is 0. The Morgan fingerprint density at radius 3 is 2.41 bits per heavy atom. The average molecular weight is 471 g/mol. The van der Waals surface area contributed by atoms with Gasteiger partial charge in [0.25, 0.3) is 0 Å². The van der Waals surface area contributed by atoms with E-state index in [9.17, 15) is 23.5 Å². The zero-order valence-corrected chi connectivity index (χ0v) is 19.7. The predicted molar refractivity (Wildman–Crippen MR) is 125 cm³/mol. The third-order valence-corrected chi connectivity index (χ3v) is 6.91. The molecule has 2 heterocycles. The van der Waals surface area contributed by atoms with E-state index in [0.29, 0.717) is 16.9 Å². The van der Waals surface area contributed by atoms with Crippen molar-refractivity contribution in [2.75, 3.05) is 25.0 Å². The number of aryl methyl sites for hydroxylation is 1. The molecule has 6 nitrogen and oxygen atoms in total. The Labute approximate surface area is 197 Å². The number of halogens is 2. The van der Waals surface area contributed by atoms with Crippen molar-refractivity contribution in [3.05, 3.63) is 58.7 Å². The van der Waals surface area contributed by atoms with Gasteiger partial charge < -0.3 is 14.7 Å². The maximum Gasteiger partial charge on any atom is 0.315 e. The van der Waals surface area contributed by atoms with Gasteiger partial charge in [-0.15, -0.1) is 0 Å². The van der Waals surface area contributed by atoms with Crippen LogP contribution in [0.3, 0.4) is 0 Å². The molecule has 0 saturated carbocycles. The van der Waals surface area contributed by atoms with Crippen molar-refractivity contribution in [1.82, 2.24) is 4.90 Å². The second kappa shape index (κ2) is 8.51. The number of hydrogen-bond donors (Lipinski definition) is 1. The zero-order chi connectivity index (χ0) is 24.8. The van der Waals surface area contributed by atoms with Crippen LogP contribution in [0.5, 0.6) is 11.5 Å². The van der Waals surface area contributed by atoms with E-state index in [1.54, 1.807) is 6.07 Å². The number of anilines is 1. The van der Waals surface area contributed by atoms with Crippen LogP contribution in [-0.2, 0) is 28.0 Å². The molecule has 0 saturated heterocycles. The van der Waals surface area contributed by atoms with E-state index in [2.05, 4.69) is 37.8 Å². The Morgan fingerprint density at radius 2 is 1.79 bits per heavy atom. The van der Waals surface area contributed by atoms with Crippen LogP contribution in [-0.4, -0.2) is 47.9 Å². The number of benzene rings is 2. The van der Waals surface area contributed by atoms with Crippen molar-refractivity contribution in [3.8, 4) is 11.5 Å². The summed E-state index contributed by atoms with van der Waals surface area (Å²) in [5.74, 6) is 0.361. The Balaban J connectivity index is 1.80. The number of aromatic hydroxyl groups is 1. The normalized spacial score (nSPS) is 19.8. The maximum atomic E-state index is 13.1. The first-order valence-electron chi connectivity index (χ1n) is 11.2. The van der Waals surface area contributed by atoms with Gasteiger partial charge in [-0.3, -0.25) is 14.5 Å². The van der Waals surface area contributed by atoms with Gasteiger partial charge in [-0.1, -0.05) is 19.1 Å². The lowest BCUT2D eigenvalue weighted by Crippen LogP contribution is -2.58. The minimum Gasteiger partial charge on any atom is -0.508 e. The summed E-state index contributed by atoms with van der Waals surface area (Å²) in [4.78, 5) is 25.2. The third kappa shape index (κ3) is 3.76. The van der Waals surface area contributed by atoms with Crippen LogP contribution in [0.1, 0.15) is 43.0 Å². The molecule has 2 aliphatic rings. The van der Waals surface area contributed by atoms with Gasteiger partial charge >= 0.3 is 12.1 Å². The number of carbonyl (C=O) groups excluding carboxylic acids is 2. The average Bonchev–Trinajstić information content (AvgIpc) is 2.91. The number of fused-ring (bicyclic) bond motifs is 2. The molecule has 0 radical (unpaired) electrons. The van der Waals surface area contributed by atoms with Crippen molar-refractivity contribution in [2.45, 2.75) is 44.9 Å². The summed E-state index contributed by atoms with van der Waals surface area (Å²) in [7, 11) is 1.96. The van der Waals surface area contributed by atoms with Crippen LogP contribution in [0, 0.1) is 0 Å². The van der Waals surface area contributed by atoms with Crippen molar-refractivity contribution in [2.24, 2.45) is 0 Å². The maximum absolute atomic E-state index is 13.1. The Morgan fingerprint density at radius 1 is 1.12 bits per heavy atom. The number of nitrogens with zero attached hydrogens (tertiary/aromatic N) is 2. The molecule has 0 aliphatic carbocycles. The Bertz CT molecular complexity index is 1180. The van der Waals surface area contributed by atoms with Gasteiger partial charge in [0.2, 0.25) is 5.72 Å². The van der Waals surface area contributed by atoms with Crippen LogP contribution in [0.25, 0.3) is 6.08 Å². The minimum absolute atomic E-state index is 0.0633. The second-order valence-corrected chi connectivity index (χ2v) is 9.36. The zero-order valence-electron chi connectivity index (χ0n) is 19.7. The number of phenols is 1. The van der Waals surface area contributed by atoms with Crippen LogP contribution in [0.2, 0.25) is 0 Å². The quantitative estimate of drug-likeness (QED) is 0.610. The molecule has 4 rings (SSSR count). The molecule has 8 heteroatoms. The van der Waals surface area contributed by atoms with Crippen molar-refractivity contribution < 1.29 is 28.2 Å². The number of carbonyl (C=O) groups is 2. The summed E-state index contributed by atoms with van der Waals surface area (Å²) in [5.41, 5.74) is 3.07. The first kappa shape index (κ1) is 23.9. The fraction of sp³-hybridized carbons (Fsp3) is 0.385. The minimum atomic E-state index is -1.69. The van der Waals surface area contributed by atoms with Crippen LogP contribution in [0.15, 0.2) is 36.4 Å². The molecule has 0 amide bonds. The lowest BCUT2D eigenvalue weighted by molar-refractivity contribution is -0.133. The van der Waals surface area contributed by atoms with Crippen molar-refractivity contribution in [1.29, 1.82) is 0 Å². The van der Waals surface area contributed by atoms with E-state index < -0.39 is 36.3 Å². The van der Waals surface area contributed by atoms with E-state index in [1.165, 1.54) is 17.2 Å². The van der Waals surface area contributed by atoms with Gasteiger partial charge in [-0.05, 0) is 61.7 Å². The molecule has 1 atom stereocenters. The fourth-order valence-corrected chi connectivity index (χ4v) is 5.39. The summed E-state index contributed by atoms with van der Waals surface area (Å²) in [6.07, 6.45) is 4.69. The molecule has 2 aromatic rings. The summed E-state index contributed by atoms with van der Waals surface area (Å²) in [5, 5.41) is 10.3. The molecule has 0 fully saturated rings. The van der Waals surface area contributed by atoms with Gasteiger partial charge in [0, 0.05) is 30.4 Å². The highest BCUT2D eigenvalue weighted by Gasteiger charge is 2.58. The first-order chi connectivity index (χ1) is 16.0. The third-order valence-electron chi connectivity index (χ3n) is 6.91. The van der Waals surface area contributed by atoms with Crippen LogP contribution in [0.4, 0.5) is 14.5 Å². The van der Waals surface area contributed by atoms with E-state index in [-0.39, 0.29) is 12.3 Å². The molecule has 2 aliphatic heterocycles. The molecule has 0 bridgehead atoms. The molecule has 0 aromatic heterocycles. The van der Waals surface area contributed by atoms with E-state index >= 15 is 0 Å². The van der Waals surface area contributed by atoms with E-state index in [4.69, 9.17) is 4.74 Å². The molecule has 1 spiro atoms. The number of phenolic OH excluding ortho intramolecular Hbond substituents is 1. The number of hydrogen-bond acceptors (Lipinski definition) is 6. The summed E-state index contributed by atoms with van der Waals surface area (Å²) < 4.78 is 33.0.